The normalized spacial score (nSPS) is 15.2. The van der Waals surface area contributed by atoms with Crippen molar-refractivity contribution in [2.75, 3.05) is 57.2 Å². The second-order valence-corrected chi connectivity index (χ2v) is 7.28. The first-order valence-corrected chi connectivity index (χ1v) is 9.44. The fourth-order valence-corrected chi connectivity index (χ4v) is 3.64. The van der Waals surface area contributed by atoms with Gasteiger partial charge < -0.3 is 19.5 Å². The van der Waals surface area contributed by atoms with E-state index in [-0.39, 0.29) is 5.56 Å². The van der Waals surface area contributed by atoms with E-state index in [1.165, 1.54) is 0 Å². The van der Waals surface area contributed by atoms with Gasteiger partial charge >= 0.3 is 0 Å². The highest BCUT2D eigenvalue weighted by molar-refractivity contribution is 5.76. The van der Waals surface area contributed by atoms with E-state index in [1.807, 2.05) is 38.4 Å². The number of nitrogens with zero attached hydrogens (tertiary/aromatic N) is 4. The molecule has 0 aliphatic carbocycles. The highest BCUT2D eigenvalue weighted by Gasteiger charge is 2.20. The Bertz CT molecular complexity index is 1020. The number of fused-ring (bicyclic) bond motifs is 1. The molecule has 4 rings (SSSR count). The van der Waals surface area contributed by atoms with Gasteiger partial charge in [-0.2, -0.15) is 4.98 Å². The standard InChI is InChI=1S/C20H26N6O2/c1-24(2)20-22-18-15(19(27)23-20)12-14(21-18)13-25-8-10-26(11-9-25)16-6-4-5-7-17(16)28-3/h4-7,12H,8-11,13H2,1-3H3,(H2,21,22,23,27). The van der Waals surface area contributed by atoms with Gasteiger partial charge in [-0.1, -0.05) is 12.1 Å². The lowest BCUT2D eigenvalue weighted by atomic mass is 10.2. The van der Waals surface area contributed by atoms with Crippen molar-refractivity contribution in [2.45, 2.75) is 6.54 Å². The number of methoxy groups -OCH3 is 1. The lowest BCUT2D eigenvalue weighted by Gasteiger charge is -2.36. The molecule has 8 nitrogen and oxygen atoms in total. The molecule has 2 aromatic heterocycles. The Morgan fingerprint density at radius 3 is 2.61 bits per heavy atom. The van der Waals surface area contributed by atoms with Crippen molar-refractivity contribution in [1.29, 1.82) is 0 Å². The number of hydrogen-bond donors (Lipinski definition) is 2. The van der Waals surface area contributed by atoms with Crippen LogP contribution in [-0.4, -0.2) is 67.2 Å². The lowest BCUT2D eigenvalue weighted by Crippen LogP contribution is -2.46. The zero-order valence-corrected chi connectivity index (χ0v) is 16.5. The molecule has 1 aromatic carbocycles. The molecule has 0 saturated carbocycles. The summed E-state index contributed by atoms with van der Waals surface area (Å²) in [5.41, 5.74) is 2.67. The monoisotopic (exact) mass is 382 g/mol. The van der Waals surface area contributed by atoms with Crippen molar-refractivity contribution in [3.8, 4) is 5.75 Å². The Morgan fingerprint density at radius 1 is 1.14 bits per heavy atom. The zero-order chi connectivity index (χ0) is 19.7. The van der Waals surface area contributed by atoms with Crippen LogP contribution in [0.2, 0.25) is 0 Å². The minimum atomic E-state index is -0.114. The Balaban J connectivity index is 1.45. The number of piperazine rings is 1. The van der Waals surface area contributed by atoms with E-state index in [1.54, 1.807) is 12.0 Å². The van der Waals surface area contributed by atoms with Crippen molar-refractivity contribution >= 4 is 22.7 Å². The quantitative estimate of drug-likeness (QED) is 0.698. The first-order chi connectivity index (χ1) is 13.5. The van der Waals surface area contributed by atoms with Crippen LogP contribution in [0.1, 0.15) is 5.69 Å². The number of hydrogen-bond acceptors (Lipinski definition) is 6. The number of benzene rings is 1. The molecular weight excluding hydrogens is 356 g/mol. The minimum Gasteiger partial charge on any atom is -0.495 e. The summed E-state index contributed by atoms with van der Waals surface area (Å²) in [6.45, 7) is 4.53. The molecule has 3 heterocycles. The van der Waals surface area contributed by atoms with Crippen LogP contribution >= 0.6 is 0 Å². The van der Waals surface area contributed by atoms with Crippen LogP contribution in [0.3, 0.4) is 0 Å². The summed E-state index contributed by atoms with van der Waals surface area (Å²) in [5, 5.41) is 0.605. The summed E-state index contributed by atoms with van der Waals surface area (Å²) in [5.74, 6) is 1.46. The summed E-state index contributed by atoms with van der Waals surface area (Å²) in [6, 6.07) is 10.0. The van der Waals surface area contributed by atoms with Gasteiger partial charge in [-0.15, -0.1) is 0 Å². The maximum atomic E-state index is 12.3. The third-order valence-electron chi connectivity index (χ3n) is 5.16. The van der Waals surface area contributed by atoms with Gasteiger partial charge in [0, 0.05) is 52.5 Å². The van der Waals surface area contributed by atoms with Crippen molar-refractivity contribution < 1.29 is 4.74 Å². The fraction of sp³-hybridized carbons (Fsp3) is 0.400. The second-order valence-electron chi connectivity index (χ2n) is 7.28. The van der Waals surface area contributed by atoms with E-state index in [2.05, 4.69) is 30.8 Å². The molecule has 8 heteroatoms. The largest absolute Gasteiger partial charge is 0.495 e. The third kappa shape index (κ3) is 3.55. The maximum absolute atomic E-state index is 12.3. The summed E-state index contributed by atoms with van der Waals surface area (Å²) in [4.78, 5) is 29.4. The van der Waals surface area contributed by atoms with E-state index in [9.17, 15) is 4.79 Å². The highest BCUT2D eigenvalue weighted by atomic mass is 16.5. The minimum absolute atomic E-state index is 0.114. The predicted molar refractivity (Wildman–Crippen MR) is 112 cm³/mol. The first-order valence-electron chi connectivity index (χ1n) is 9.44. The number of aromatic amines is 2. The van der Waals surface area contributed by atoms with Crippen molar-refractivity contribution in [2.24, 2.45) is 0 Å². The van der Waals surface area contributed by atoms with Crippen LogP contribution in [0.15, 0.2) is 35.1 Å². The molecule has 148 valence electrons. The van der Waals surface area contributed by atoms with Crippen LogP contribution < -0.4 is 20.1 Å². The van der Waals surface area contributed by atoms with Gasteiger partial charge in [0.1, 0.15) is 11.4 Å². The van der Waals surface area contributed by atoms with Gasteiger partial charge in [0.2, 0.25) is 5.95 Å². The van der Waals surface area contributed by atoms with E-state index in [4.69, 9.17) is 4.74 Å². The zero-order valence-electron chi connectivity index (χ0n) is 16.5. The molecule has 1 aliphatic rings. The van der Waals surface area contributed by atoms with Gasteiger partial charge in [0.05, 0.1) is 18.2 Å². The molecule has 2 N–H and O–H groups in total. The number of rotatable bonds is 5. The van der Waals surface area contributed by atoms with Gasteiger partial charge in [0.15, 0.2) is 0 Å². The van der Waals surface area contributed by atoms with Gasteiger partial charge in [-0.25, -0.2) is 0 Å². The molecule has 0 amide bonds. The molecule has 28 heavy (non-hydrogen) atoms. The Morgan fingerprint density at radius 2 is 1.89 bits per heavy atom. The Hall–Kier alpha value is -3.00. The van der Waals surface area contributed by atoms with E-state index < -0.39 is 0 Å². The lowest BCUT2D eigenvalue weighted by molar-refractivity contribution is 0.247. The summed E-state index contributed by atoms with van der Waals surface area (Å²) in [6.07, 6.45) is 0. The predicted octanol–water partition coefficient (Wildman–Crippen LogP) is 1.65. The highest BCUT2D eigenvalue weighted by Crippen LogP contribution is 2.28. The molecule has 0 unspecified atom stereocenters. The Kier molecular flexibility index (Phi) is 4.95. The molecule has 1 saturated heterocycles. The first kappa shape index (κ1) is 18.4. The summed E-state index contributed by atoms with van der Waals surface area (Å²) >= 11 is 0. The average molecular weight is 382 g/mol. The number of anilines is 2. The van der Waals surface area contributed by atoms with Crippen LogP contribution in [0.4, 0.5) is 11.6 Å². The van der Waals surface area contributed by atoms with Gasteiger partial charge in [-0.05, 0) is 18.2 Å². The number of aromatic nitrogens is 3. The Labute approximate surface area is 163 Å². The molecule has 3 aromatic rings. The number of nitrogens with one attached hydrogen (secondary N) is 2. The van der Waals surface area contributed by atoms with E-state index >= 15 is 0 Å². The number of para-hydroxylation sites is 2. The topological polar surface area (TPSA) is 80.5 Å². The van der Waals surface area contributed by atoms with E-state index in [0.29, 0.717) is 17.0 Å². The number of ether oxygens (including phenoxy) is 1. The molecule has 0 spiro atoms. The smallest absolute Gasteiger partial charge is 0.261 e. The summed E-state index contributed by atoms with van der Waals surface area (Å²) in [7, 11) is 5.42. The molecule has 1 aliphatic heterocycles. The fourth-order valence-electron chi connectivity index (χ4n) is 3.64. The number of H-pyrrole nitrogens is 2. The van der Waals surface area contributed by atoms with Gasteiger partial charge in [-0.3, -0.25) is 14.7 Å². The van der Waals surface area contributed by atoms with Gasteiger partial charge in [0.25, 0.3) is 5.56 Å². The van der Waals surface area contributed by atoms with Crippen molar-refractivity contribution in [3.63, 3.8) is 0 Å². The molecular formula is C20H26N6O2. The van der Waals surface area contributed by atoms with Crippen molar-refractivity contribution in [1.82, 2.24) is 19.9 Å². The van der Waals surface area contributed by atoms with Crippen LogP contribution in [0.25, 0.3) is 11.0 Å². The molecule has 0 atom stereocenters. The van der Waals surface area contributed by atoms with E-state index in [0.717, 1.165) is 49.9 Å². The van der Waals surface area contributed by atoms with Crippen molar-refractivity contribution in [3.05, 3.63) is 46.4 Å². The van der Waals surface area contributed by atoms with Crippen LogP contribution in [-0.2, 0) is 6.54 Å². The molecule has 1 fully saturated rings. The molecule has 0 radical (unpaired) electrons. The van der Waals surface area contributed by atoms with Crippen LogP contribution in [0, 0.1) is 0 Å². The SMILES string of the molecule is COc1ccccc1N1CCN(Cc2cc3c(=O)[nH]c(N(C)C)nc3[nH]2)CC1. The van der Waals surface area contributed by atoms with Crippen LogP contribution in [0.5, 0.6) is 5.75 Å². The molecule has 0 bridgehead atoms. The maximum Gasteiger partial charge on any atom is 0.261 e. The average Bonchev–Trinajstić information content (AvgIpc) is 3.11. The third-order valence-corrected chi connectivity index (χ3v) is 5.16. The second kappa shape index (κ2) is 7.55. The summed E-state index contributed by atoms with van der Waals surface area (Å²) < 4.78 is 5.49.